The van der Waals surface area contributed by atoms with E-state index < -0.39 is 0 Å². The molecule has 1 aliphatic heterocycles. The maximum atomic E-state index is 10.9. The van der Waals surface area contributed by atoms with Crippen LogP contribution in [0.3, 0.4) is 0 Å². The summed E-state index contributed by atoms with van der Waals surface area (Å²) in [5, 5.41) is 6.27. The third-order valence-electron chi connectivity index (χ3n) is 1.83. The first-order valence-electron chi connectivity index (χ1n) is 3.78. The lowest BCUT2D eigenvalue weighted by Gasteiger charge is -2.26. The number of carbonyl (C=O) groups excluding carboxylic acids is 1. The average molecular weight is 231 g/mol. The van der Waals surface area contributed by atoms with Crippen molar-refractivity contribution in [2.24, 2.45) is 0 Å². The minimum Gasteiger partial charge on any atom is -0.468 e. The summed E-state index contributed by atoms with van der Waals surface area (Å²) in [6, 6.07) is 0.270. The van der Waals surface area contributed by atoms with E-state index in [-0.39, 0.29) is 36.8 Å². The highest BCUT2D eigenvalue weighted by Crippen LogP contribution is 1.94. The second kappa shape index (κ2) is 7.38. The largest absolute Gasteiger partial charge is 0.468 e. The van der Waals surface area contributed by atoms with E-state index in [1.54, 1.807) is 0 Å². The zero-order valence-corrected chi connectivity index (χ0v) is 9.33. The molecule has 4 nitrogen and oxygen atoms in total. The molecule has 1 fully saturated rings. The Labute approximate surface area is 90.6 Å². The average Bonchev–Trinajstić information content (AvgIpc) is 2.05. The van der Waals surface area contributed by atoms with Crippen LogP contribution in [0.1, 0.15) is 6.92 Å². The minimum absolute atomic E-state index is 0. The number of methoxy groups -OCH3 is 1. The molecule has 0 spiro atoms. The van der Waals surface area contributed by atoms with Crippen LogP contribution in [-0.2, 0) is 9.53 Å². The van der Waals surface area contributed by atoms with Crippen molar-refractivity contribution in [1.82, 2.24) is 10.6 Å². The SMILES string of the molecule is COC(=O)[C@@H]1CN[C@@H](C)CN1.Cl.Cl. The van der Waals surface area contributed by atoms with Gasteiger partial charge in [0.1, 0.15) is 6.04 Å². The second-order valence-corrected chi connectivity index (χ2v) is 2.79. The Balaban J connectivity index is 0. The zero-order chi connectivity index (χ0) is 8.27. The first-order valence-corrected chi connectivity index (χ1v) is 3.78. The van der Waals surface area contributed by atoms with Gasteiger partial charge in [-0.25, -0.2) is 0 Å². The molecule has 6 heteroatoms. The standard InChI is InChI=1S/C7H14N2O2.2ClH/c1-5-3-9-6(4-8-5)7(10)11-2;;/h5-6,8-9H,3-4H2,1-2H3;2*1H/t5-,6-;;/m0../s1. The van der Waals surface area contributed by atoms with Gasteiger partial charge in [0.05, 0.1) is 7.11 Å². The Hall–Kier alpha value is -0.0300. The van der Waals surface area contributed by atoms with Gasteiger partial charge in [-0.1, -0.05) is 0 Å². The third kappa shape index (κ3) is 4.67. The van der Waals surface area contributed by atoms with Gasteiger partial charge in [0.2, 0.25) is 0 Å². The van der Waals surface area contributed by atoms with Crippen molar-refractivity contribution in [3.05, 3.63) is 0 Å². The van der Waals surface area contributed by atoms with Crippen LogP contribution in [0.5, 0.6) is 0 Å². The molecule has 0 amide bonds. The maximum Gasteiger partial charge on any atom is 0.324 e. The topological polar surface area (TPSA) is 50.4 Å². The fourth-order valence-electron chi connectivity index (χ4n) is 1.09. The predicted molar refractivity (Wildman–Crippen MR) is 55.8 cm³/mol. The van der Waals surface area contributed by atoms with Gasteiger partial charge >= 0.3 is 5.97 Å². The smallest absolute Gasteiger partial charge is 0.324 e. The number of carbonyl (C=O) groups is 1. The summed E-state index contributed by atoms with van der Waals surface area (Å²) >= 11 is 0. The van der Waals surface area contributed by atoms with E-state index in [2.05, 4.69) is 22.3 Å². The molecule has 0 unspecified atom stereocenters. The van der Waals surface area contributed by atoms with Crippen molar-refractivity contribution in [1.29, 1.82) is 0 Å². The van der Waals surface area contributed by atoms with E-state index in [1.165, 1.54) is 7.11 Å². The molecule has 2 atom stereocenters. The number of rotatable bonds is 1. The molecule has 0 radical (unpaired) electrons. The van der Waals surface area contributed by atoms with Crippen LogP contribution >= 0.6 is 24.8 Å². The number of hydrogen-bond acceptors (Lipinski definition) is 4. The Kier molecular flexibility index (Phi) is 8.77. The normalized spacial score (nSPS) is 26.6. The van der Waals surface area contributed by atoms with Crippen LogP contribution in [0.2, 0.25) is 0 Å². The van der Waals surface area contributed by atoms with Gasteiger partial charge in [0, 0.05) is 19.1 Å². The monoisotopic (exact) mass is 230 g/mol. The van der Waals surface area contributed by atoms with Gasteiger partial charge in [-0.3, -0.25) is 4.79 Å². The van der Waals surface area contributed by atoms with E-state index >= 15 is 0 Å². The molecule has 0 bridgehead atoms. The zero-order valence-electron chi connectivity index (χ0n) is 7.70. The van der Waals surface area contributed by atoms with E-state index in [4.69, 9.17) is 0 Å². The van der Waals surface area contributed by atoms with E-state index in [0.29, 0.717) is 12.6 Å². The highest BCUT2D eigenvalue weighted by atomic mass is 35.5. The molecule has 13 heavy (non-hydrogen) atoms. The number of piperazine rings is 1. The number of nitrogens with one attached hydrogen (secondary N) is 2. The summed E-state index contributed by atoms with van der Waals surface area (Å²) in [5.41, 5.74) is 0. The Morgan fingerprint density at radius 2 is 1.92 bits per heavy atom. The van der Waals surface area contributed by atoms with Crippen molar-refractivity contribution >= 4 is 30.8 Å². The third-order valence-corrected chi connectivity index (χ3v) is 1.83. The molecule has 1 aliphatic rings. The second-order valence-electron chi connectivity index (χ2n) is 2.79. The molecule has 1 saturated heterocycles. The molecule has 0 saturated carbocycles. The van der Waals surface area contributed by atoms with Crippen LogP contribution in [-0.4, -0.2) is 38.3 Å². The predicted octanol–water partition coefficient (Wildman–Crippen LogP) is -0.0471. The summed E-state index contributed by atoms with van der Waals surface area (Å²) in [6.45, 7) is 3.55. The van der Waals surface area contributed by atoms with Crippen molar-refractivity contribution in [3.8, 4) is 0 Å². The lowest BCUT2D eigenvalue weighted by Crippen LogP contribution is -2.56. The van der Waals surface area contributed by atoms with Gasteiger partial charge in [0.25, 0.3) is 0 Å². The number of ether oxygens (including phenoxy) is 1. The van der Waals surface area contributed by atoms with Crippen LogP contribution in [0.4, 0.5) is 0 Å². The maximum absolute atomic E-state index is 10.9. The number of halogens is 2. The lowest BCUT2D eigenvalue weighted by molar-refractivity contribution is -0.143. The van der Waals surface area contributed by atoms with Crippen LogP contribution in [0.15, 0.2) is 0 Å². The summed E-state index contributed by atoms with van der Waals surface area (Å²) in [7, 11) is 1.40. The molecule has 0 aliphatic carbocycles. The molecule has 1 heterocycles. The molecule has 1 rings (SSSR count). The van der Waals surface area contributed by atoms with Gasteiger partial charge in [-0.05, 0) is 6.92 Å². The molecule has 80 valence electrons. The first kappa shape index (κ1) is 15.4. The van der Waals surface area contributed by atoms with Gasteiger partial charge in [0.15, 0.2) is 0 Å². The van der Waals surface area contributed by atoms with Gasteiger partial charge in [-0.2, -0.15) is 0 Å². The van der Waals surface area contributed by atoms with Crippen LogP contribution < -0.4 is 10.6 Å². The fraction of sp³-hybridized carbons (Fsp3) is 0.857. The van der Waals surface area contributed by atoms with Crippen molar-refractivity contribution in [3.63, 3.8) is 0 Å². The Morgan fingerprint density at radius 1 is 1.31 bits per heavy atom. The number of esters is 1. The fourth-order valence-corrected chi connectivity index (χ4v) is 1.09. The van der Waals surface area contributed by atoms with Crippen molar-refractivity contribution in [2.45, 2.75) is 19.0 Å². The van der Waals surface area contributed by atoms with E-state index in [9.17, 15) is 4.79 Å². The highest BCUT2D eigenvalue weighted by molar-refractivity contribution is 5.85. The first-order chi connectivity index (χ1) is 5.24. The Morgan fingerprint density at radius 3 is 2.31 bits per heavy atom. The van der Waals surface area contributed by atoms with Crippen molar-refractivity contribution < 1.29 is 9.53 Å². The molecule has 0 aromatic heterocycles. The summed E-state index contributed by atoms with van der Waals surface area (Å²) < 4.78 is 4.58. The van der Waals surface area contributed by atoms with Crippen LogP contribution in [0, 0.1) is 0 Å². The molecular weight excluding hydrogens is 215 g/mol. The molecule has 0 aromatic rings. The molecule has 2 N–H and O–H groups in total. The van der Waals surface area contributed by atoms with Gasteiger partial charge in [-0.15, -0.1) is 24.8 Å². The summed E-state index contributed by atoms with van der Waals surface area (Å²) in [6.07, 6.45) is 0. The highest BCUT2D eigenvalue weighted by Gasteiger charge is 2.23. The quantitative estimate of drug-likeness (QED) is 0.621. The van der Waals surface area contributed by atoms with Crippen molar-refractivity contribution in [2.75, 3.05) is 20.2 Å². The van der Waals surface area contributed by atoms with E-state index in [0.717, 1.165) is 6.54 Å². The molecular formula is C7H16Cl2N2O2. The molecule has 0 aromatic carbocycles. The lowest BCUT2D eigenvalue weighted by atomic mass is 10.2. The minimum atomic E-state index is -0.190. The summed E-state index contributed by atoms with van der Waals surface area (Å²) in [4.78, 5) is 10.9. The Bertz CT molecular complexity index is 149. The van der Waals surface area contributed by atoms with Gasteiger partial charge < -0.3 is 15.4 Å². The number of hydrogen-bond donors (Lipinski definition) is 2. The van der Waals surface area contributed by atoms with Crippen LogP contribution in [0.25, 0.3) is 0 Å². The van der Waals surface area contributed by atoms with E-state index in [1.807, 2.05) is 0 Å². The summed E-state index contributed by atoms with van der Waals surface area (Å²) in [5.74, 6) is -0.190.